The van der Waals surface area contributed by atoms with Gasteiger partial charge >= 0.3 is 5.97 Å². The highest BCUT2D eigenvalue weighted by molar-refractivity contribution is 6.32. The molecule has 21 heavy (non-hydrogen) atoms. The minimum Gasteiger partial charge on any atom is -0.492 e. The Balaban J connectivity index is 1.96. The molecule has 4 heteroatoms. The molecule has 2 aromatic rings. The van der Waals surface area contributed by atoms with Gasteiger partial charge in [-0.15, -0.1) is 0 Å². The Bertz CT molecular complexity index is 611. The highest BCUT2D eigenvalue weighted by atomic mass is 35.5. The maximum absolute atomic E-state index is 11.0. The van der Waals surface area contributed by atoms with Crippen LogP contribution >= 0.6 is 11.6 Å². The Morgan fingerprint density at radius 2 is 1.95 bits per heavy atom. The fourth-order valence-corrected chi connectivity index (χ4v) is 2.21. The third kappa shape index (κ3) is 4.23. The second-order valence-electron chi connectivity index (χ2n) is 4.83. The molecular weight excluding hydrogens is 288 g/mol. The van der Waals surface area contributed by atoms with Crippen molar-refractivity contribution < 1.29 is 14.6 Å². The van der Waals surface area contributed by atoms with Crippen molar-refractivity contribution in [2.45, 2.75) is 19.3 Å². The number of carbonyl (C=O) groups is 1. The summed E-state index contributed by atoms with van der Waals surface area (Å²) in [5, 5.41) is 9.43. The van der Waals surface area contributed by atoms with Gasteiger partial charge in [0.15, 0.2) is 0 Å². The Morgan fingerprint density at radius 1 is 1.24 bits per heavy atom. The first kappa shape index (κ1) is 15.4. The van der Waals surface area contributed by atoms with Crippen LogP contribution in [-0.2, 0) is 11.2 Å². The summed E-state index contributed by atoms with van der Waals surface area (Å²) in [4.78, 5) is 11.0. The van der Waals surface area contributed by atoms with Crippen LogP contribution in [0.5, 0.6) is 5.75 Å². The average Bonchev–Trinajstić information content (AvgIpc) is 2.49. The number of benzene rings is 2. The monoisotopic (exact) mass is 304 g/mol. The lowest BCUT2D eigenvalue weighted by molar-refractivity contribution is -0.138. The minimum absolute atomic E-state index is 0.439. The predicted molar refractivity (Wildman–Crippen MR) is 83.1 cm³/mol. The molecule has 1 unspecified atom stereocenters. The molecule has 0 aliphatic carbocycles. The normalized spacial score (nSPS) is 11.9. The van der Waals surface area contributed by atoms with Gasteiger partial charge in [-0.2, -0.15) is 0 Å². The van der Waals surface area contributed by atoms with E-state index in [2.05, 4.69) is 0 Å². The lowest BCUT2D eigenvalue weighted by Crippen LogP contribution is -2.07. The van der Waals surface area contributed by atoms with Crippen molar-refractivity contribution in [1.82, 2.24) is 0 Å². The van der Waals surface area contributed by atoms with Crippen molar-refractivity contribution >= 4 is 17.6 Å². The van der Waals surface area contributed by atoms with Gasteiger partial charge in [-0.05, 0) is 30.2 Å². The number of carboxylic acids is 1. The molecule has 3 nitrogen and oxygen atoms in total. The van der Waals surface area contributed by atoms with Gasteiger partial charge in [0.05, 0.1) is 17.5 Å². The zero-order chi connectivity index (χ0) is 15.2. The predicted octanol–water partition coefficient (Wildman–Crippen LogP) is 4.15. The van der Waals surface area contributed by atoms with E-state index in [1.54, 1.807) is 25.1 Å². The second-order valence-corrected chi connectivity index (χ2v) is 5.24. The van der Waals surface area contributed by atoms with Gasteiger partial charge in [0, 0.05) is 6.42 Å². The number of carboxylic acid groups (broad SMARTS) is 1. The molecule has 0 aromatic heterocycles. The lowest BCUT2D eigenvalue weighted by Gasteiger charge is -2.11. The molecule has 1 N–H and O–H groups in total. The first-order valence-electron chi connectivity index (χ1n) is 6.77. The highest BCUT2D eigenvalue weighted by Gasteiger charge is 2.15. The molecule has 0 amide bonds. The van der Waals surface area contributed by atoms with Crippen LogP contribution in [-0.4, -0.2) is 17.7 Å². The lowest BCUT2D eigenvalue weighted by atomic mass is 10.0. The van der Waals surface area contributed by atoms with E-state index >= 15 is 0 Å². The zero-order valence-corrected chi connectivity index (χ0v) is 12.5. The molecule has 1 atom stereocenters. The highest BCUT2D eigenvalue weighted by Crippen LogP contribution is 2.28. The number of hydrogen-bond acceptors (Lipinski definition) is 2. The van der Waals surface area contributed by atoms with E-state index in [0.717, 1.165) is 6.42 Å². The molecule has 0 heterocycles. The fraction of sp³-hybridized carbons (Fsp3) is 0.235. The zero-order valence-electron chi connectivity index (χ0n) is 11.8. The molecule has 0 radical (unpaired) electrons. The molecule has 110 valence electrons. The van der Waals surface area contributed by atoms with Crippen molar-refractivity contribution in [1.29, 1.82) is 0 Å². The van der Waals surface area contributed by atoms with Crippen molar-refractivity contribution in [2.24, 2.45) is 0 Å². The summed E-state index contributed by atoms with van der Waals surface area (Å²) in [6.07, 6.45) is 0.796. The number of hydrogen-bond donors (Lipinski definition) is 1. The Labute approximate surface area is 129 Å². The third-order valence-electron chi connectivity index (χ3n) is 3.32. The molecule has 0 aliphatic rings. The first-order chi connectivity index (χ1) is 10.1. The van der Waals surface area contributed by atoms with Gasteiger partial charge < -0.3 is 9.84 Å². The van der Waals surface area contributed by atoms with E-state index in [-0.39, 0.29) is 0 Å². The molecule has 2 aromatic carbocycles. The van der Waals surface area contributed by atoms with E-state index in [1.807, 2.05) is 30.3 Å². The van der Waals surface area contributed by atoms with E-state index < -0.39 is 11.9 Å². The van der Waals surface area contributed by atoms with Gasteiger partial charge in [-0.3, -0.25) is 4.79 Å². The number of aliphatic carboxylic acids is 1. The molecule has 0 saturated carbocycles. The minimum atomic E-state index is -0.871. The molecular formula is C17H17ClO3. The Morgan fingerprint density at radius 3 is 2.57 bits per heavy atom. The Kier molecular flexibility index (Phi) is 5.23. The summed E-state index contributed by atoms with van der Waals surface area (Å²) >= 11 is 6.14. The van der Waals surface area contributed by atoms with Crippen LogP contribution in [0.4, 0.5) is 0 Å². The van der Waals surface area contributed by atoms with Crippen LogP contribution in [0.3, 0.4) is 0 Å². The van der Waals surface area contributed by atoms with Crippen molar-refractivity contribution in [3.63, 3.8) is 0 Å². The second kappa shape index (κ2) is 7.14. The summed E-state index contributed by atoms with van der Waals surface area (Å²) in [6, 6.07) is 15.2. The van der Waals surface area contributed by atoms with Crippen LogP contribution < -0.4 is 4.74 Å². The van der Waals surface area contributed by atoms with Gasteiger partial charge in [0.25, 0.3) is 0 Å². The van der Waals surface area contributed by atoms with Crippen LogP contribution in [0, 0.1) is 0 Å². The van der Waals surface area contributed by atoms with Crippen LogP contribution in [0.25, 0.3) is 0 Å². The van der Waals surface area contributed by atoms with E-state index in [1.165, 1.54) is 5.56 Å². The van der Waals surface area contributed by atoms with Gasteiger partial charge in [0.1, 0.15) is 5.75 Å². The van der Waals surface area contributed by atoms with Gasteiger partial charge in [-0.25, -0.2) is 0 Å². The van der Waals surface area contributed by atoms with Gasteiger partial charge in [-0.1, -0.05) is 48.0 Å². The smallest absolute Gasteiger partial charge is 0.310 e. The van der Waals surface area contributed by atoms with Crippen LogP contribution in [0.15, 0.2) is 48.5 Å². The number of rotatable bonds is 6. The van der Waals surface area contributed by atoms with E-state index in [9.17, 15) is 4.79 Å². The number of ether oxygens (including phenoxy) is 1. The molecule has 0 aliphatic heterocycles. The quantitative estimate of drug-likeness (QED) is 0.872. The van der Waals surface area contributed by atoms with Crippen molar-refractivity contribution in [2.75, 3.05) is 6.61 Å². The molecule has 0 fully saturated rings. The maximum atomic E-state index is 11.0. The number of halogens is 1. The molecule has 2 rings (SSSR count). The van der Waals surface area contributed by atoms with Crippen molar-refractivity contribution in [3.05, 3.63) is 64.7 Å². The fourth-order valence-electron chi connectivity index (χ4n) is 1.97. The summed E-state index contributed by atoms with van der Waals surface area (Å²) in [5.74, 6) is -0.876. The molecule has 0 spiro atoms. The van der Waals surface area contributed by atoms with Gasteiger partial charge in [0.2, 0.25) is 0 Å². The first-order valence-corrected chi connectivity index (χ1v) is 7.14. The summed E-state index contributed by atoms with van der Waals surface area (Å²) in [7, 11) is 0. The summed E-state index contributed by atoms with van der Waals surface area (Å²) in [6.45, 7) is 2.15. The van der Waals surface area contributed by atoms with Crippen LogP contribution in [0.1, 0.15) is 24.0 Å². The van der Waals surface area contributed by atoms with E-state index in [0.29, 0.717) is 22.9 Å². The largest absolute Gasteiger partial charge is 0.492 e. The van der Waals surface area contributed by atoms with Crippen LogP contribution in [0.2, 0.25) is 5.02 Å². The topological polar surface area (TPSA) is 46.5 Å². The molecule has 0 saturated heterocycles. The standard InChI is InChI=1S/C17H17ClO3/c1-12(17(19)20)14-7-8-16(15(18)11-14)21-10-9-13-5-3-2-4-6-13/h2-8,11-12H,9-10H2,1H3,(H,19,20). The average molecular weight is 305 g/mol. The Hall–Kier alpha value is -2.00. The maximum Gasteiger partial charge on any atom is 0.310 e. The molecule has 0 bridgehead atoms. The summed E-state index contributed by atoms with van der Waals surface area (Å²) < 4.78 is 5.66. The SMILES string of the molecule is CC(C(=O)O)c1ccc(OCCc2ccccc2)c(Cl)c1. The van der Waals surface area contributed by atoms with E-state index in [4.69, 9.17) is 21.4 Å². The van der Waals surface area contributed by atoms with Crippen molar-refractivity contribution in [3.8, 4) is 5.75 Å². The third-order valence-corrected chi connectivity index (χ3v) is 3.61. The summed E-state index contributed by atoms with van der Waals surface area (Å²) in [5.41, 5.74) is 1.87.